The van der Waals surface area contributed by atoms with Crippen LogP contribution < -0.4 is 4.72 Å². The molecule has 7 heteroatoms. The van der Waals surface area contributed by atoms with E-state index >= 15 is 0 Å². The van der Waals surface area contributed by atoms with Crippen molar-refractivity contribution >= 4 is 21.7 Å². The molecule has 0 bridgehead atoms. The van der Waals surface area contributed by atoms with Crippen LogP contribution in [0.25, 0.3) is 0 Å². The molecule has 6 nitrogen and oxygen atoms in total. The smallest absolute Gasteiger partial charge is 0.323 e. The lowest BCUT2D eigenvalue weighted by Gasteiger charge is -2.09. The average Bonchev–Trinajstić information content (AvgIpc) is 2.34. The van der Waals surface area contributed by atoms with E-state index in [-0.39, 0.29) is 13.2 Å². The van der Waals surface area contributed by atoms with Gasteiger partial charge >= 0.3 is 5.97 Å². The molecule has 1 rings (SSSR count). The summed E-state index contributed by atoms with van der Waals surface area (Å²) in [5.41, 5.74) is 1.67. The van der Waals surface area contributed by atoms with Gasteiger partial charge in [0.1, 0.15) is 6.61 Å². The summed E-state index contributed by atoms with van der Waals surface area (Å²) < 4.78 is 30.6. The highest BCUT2D eigenvalue weighted by Crippen LogP contribution is 2.15. The number of aliphatic hydroxyl groups is 1. The monoisotopic (exact) mass is 311 g/mol. The maximum Gasteiger partial charge on any atom is 0.323 e. The van der Waals surface area contributed by atoms with Crippen molar-refractivity contribution < 1.29 is 23.1 Å². The maximum absolute atomic E-state index is 11.8. The average molecular weight is 311 g/mol. The molecule has 0 fully saturated rings. The summed E-state index contributed by atoms with van der Waals surface area (Å²) >= 11 is 0. The van der Waals surface area contributed by atoms with E-state index in [9.17, 15) is 13.2 Å². The normalized spacial score (nSPS) is 10.4. The number of hydrogen-bond acceptors (Lipinski definition) is 5. The zero-order chi connectivity index (χ0) is 15.9. The second kappa shape index (κ2) is 7.67. The number of carbonyl (C=O) groups is 1. The fourth-order valence-electron chi connectivity index (χ4n) is 1.63. The minimum Gasteiger partial charge on any atom is -0.465 e. The first kappa shape index (κ1) is 17.0. The van der Waals surface area contributed by atoms with Crippen molar-refractivity contribution in [1.82, 2.24) is 0 Å². The van der Waals surface area contributed by atoms with Crippen LogP contribution in [0.3, 0.4) is 0 Å². The molecule has 0 aliphatic carbocycles. The summed E-state index contributed by atoms with van der Waals surface area (Å²) in [7, 11) is -3.83. The van der Waals surface area contributed by atoms with Gasteiger partial charge in [0, 0.05) is 11.3 Å². The van der Waals surface area contributed by atoms with Crippen molar-refractivity contribution in [2.24, 2.45) is 0 Å². The molecule has 1 aromatic rings. The standard InChI is InChI=1S/C14H17NO5S/c1-3-20-14(17)10-21(18,19)15-13-8-11(2)7-12(9-13)5-4-6-16/h7-9,15-16H,3,6,10H2,1-2H3. The molecule has 0 heterocycles. The Balaban J connectivity index is 2.91. The van der Waals surface area contributed by atoms with Gasteiger partial charge in [-0.25, -0.2) is 8.42 Å². The molecule has 21 heavy (non-hydrogen) atoms. The molecule has 2 N–H and O–H groups in total. The Morgan fingerprint density at radius 1 is 1.38 bits per heavy atom. The number of aryl methyl sites for hydroxylation is 1. The van der Waals surface area contributed by atoms with E-state index in [1.54, 1.807) is 26.0 Å². The predicted octanol–water partition coefficient (Wildman–Crippen LogP) is 0.644. The van der Waals surface area contributed by atoms with Crippen LogP contribution in [-0.2, 0) is 19.6 Å². The molecule has 0 atom stereocenters. The van der Waals surface area contributed by atoms with Gasteiger partial charge < -0.3 is 9.84 Å². The summed E-state index contributed by atoms with van der Waals surface area (Å²) in [5.74, 6) is 3.63. The van der Waals surface area contributed by atoms with Crippen LogP contribution >= 0.6 is 0 Å². The number of hydrogen-bond donors (Lipinski definition) is 2. The summed E-state index contributed by atoms with van der Waals surface area (Å²) in [6.07, 6.45) is 0. The highest BCUT2D eigenvalue weighted by Gasteiger charge is 2.17. The number of esters is 1. The molecule has 0 aliphatic heterocycles. The number of aliphatic hydroxyl groups excluding tert-OH is 1. The van der Waals surface area contributed by atoms with E-state index in [2.05, 4.69) is 21.3 Å². The predicted molar refractivity (Wildman–Crippen MR) is 79.2 cm³/mol. The van der Waals surface area contributed by atoms with Gasteiger partial charge in [-0.3, -0.25) is 9.52 Å². The molecule has 0 aliphatic rings. The van der Waals surface area contributed by atoms with Gasteiger partial charge in [0.2, 0.25) is 10.0 Å². The highest BCUT2D eigenvalue weighted by molar-refractivity contribution is 7.93. The van der Waals surface area contributed by atoms with E-state index in [0.29, 0.717) is 11.3 Å². The van der Waals surface area contributed by atoms with Crippen molar-refractivity contribution in [2.45, 2.75) is 13.8 Å². The first-order valence-electron chi connectivity index (χ1n) is 6.24. The number of ether oxygens (including phenoxy) is 1. The molecule has 0 amide bonds. The summed E-state index contributed by atoms with van der Waals surface area (Å²) in [6, 6.07) is 4.90. The Hall–Kier alpha value is -2.04. The van der Waals surface area contributed by atoms with Crippen LogP contribution in [0, 0.1) is 18.8 Å². The zero-order valence-corrected chi connectivity index (χ0v) is 12.7. The number of sulfonamides is 1. The third-order valence-corrected chi connectivity index (χ3v) is 3.44. The lowest BCUT2D eigenvalue weighted by molar-refractivity contribution is -0.139. The fraction of sp³-hybridized carbons (Fsp3) is 0.357. The van der Waals surface area contributed by atoms with Crippen LogP contribution in [0.2, 0.25) is 0 Å². The van der Waals surface area contributed by atoms with Crippen LogP contribution in [0.15, 0.2) is 18.2 Å². The second-order valence-electron chi connectivity index (χ2n) is 4.21. The van der Waals surface area contributed by atoms with Crippen LogP contribution in [-0.4, -0.2) is 38.5 Å². The van der Waals surface area contributed by atoms with Gasteiger partial charge in [0.25, 0.3) is 0 Å². The number of carbonyl (C=O) groups excluding carboxylic acids is 1. The number of anilines is 1. The minimum absolute atomic E-state index is 0.125. The van der Waals surface area contributed by atoms with E-state index in [0.717, 1.165) is 5.56 Å². The van der Waals surface area contributed by atoms with Gasteiger partial charge in [0.05, 0.1) is 6.61 Å². The lowest BCUT2D eigenvalue weighted by Crippen LogP contribution is -2.24. The van der Waals surface area contributed by atoms with E-state index in [1.165, 1.54) is 6.07 Å². The van der Waals surface area contributed by atoms with Gasteiger partial charge in [0.15, 0.2) is 5.75 Å². The number of benzene rings is 1. The zero-order valence-electron chi connectivity index (χ0n) is 11.8. The number of nitrogens with one attached hydrogen (secondary N) is 1. The third-order valence-electron chi connectivity index (χ3n) is 2.28. The fourth-order valence-corrected chi connectivity index (χ4v) is 2.57. The lowest BCUT2D eigenvalue weighted by atomic mass is 10.1. The molecule has 0 aromatic heterocycles. The van der Waals surface area contributed by atoms with Gasteiger partial charge in [-0.15, -0.1) is 0 Å². The van der Waals surface area contributed by atoms with Crippen LogP contribution in [0.5, 0.6) is 0 Å². The van der Waals surface area contributed by atoms with Gasteiger partial charge in [-0.05, 0) is 37.6 Å². The van der Waals surface area contributed by atoms with Gasteiger partial charge in [-0.2, -0.15) is 0 Å². The van der Waals surface area contributed by atoms with Crippen molar-refractivity contribution in [2.75, 3.05) is 23.7 Å². The second-order valence-corrected chi connectivity index (χ2v) is 5.94. The first-order chi connectivity index (χ1) is 9.86. The maximum atomic E-state index is 11.8. The SMILES string of the molecule is CCOC(=O)CS(=O)(=O)Nc1cc(C)cc(C#CCO)c1. The van der Waals surface area contributed by atoms with Crippen molar-refractivity contribution in [3.8, 4) is 11.8 Å². The van der Waals surface area contributed by atoms with E-state index in [1.807, 2.05) is 0 Å². The first-order valence-corrected chi connectivity index (χ1v) is 7.89. The van der Waals surface area contributed by atoms with Gasteiger partial charge in [-0.1, -0.05) is 11.8 Å². The Kier molecular flexibility index (Phi) is 6.21. The van der Waals surface area contributed by atoms with Crippen LogP contribution in [0.1, 0.15) is 18.1 Å². The molecular formula is C14H17NO5S. The van der Waals surface area contributed by atoms with E-state index < -0.39 is 21.7 Å². The molecule has 0 radical (unpaired) electrons. The molecule has 1 aromatic carbocycles. The van der Waals surface area contributed by atoms with E-state index in [4.69, 9.17) is 5.11 Å². The molecule has 114 valence electrons. The van der Waals surface area contributed by atoms with Crippen molar-refractivity contribution in [3.05, 3.63) is 29.3 Å². The Labute approximate surface area is 124 Å². The summed E-state index contributed by atoms with van der Waals surface area (Å²) in [4.78, 5) is 11.2. The largest absolute Gasteiger partial charge is 0.465 e. The molecule has 0 saturated carbocycles. The van der Waals surface area contributed by atoms with Crippen LogP contribution in [0.4, 0.5) is 5.69 Å². The molecule has 0 unspecified atom stereocenters. The summed E-state index contributed by atoms with van der Waals surface area (Å²) in [6.45, 7) is 3.23. The quantitative estimate of drug-likeness (QED) is 0.615. The van der Waals surface area contributed by atoms with Crippen molar-refractivity contribution in [1.29, 1.82) is 0 Å². The molecule has 0 spiro atoms. The Morgan fingerprint density at radius 3 is 2.71 bits per heavy atom. The molecular weight excluding hydrogens is 294 g/mol. The Bertz CT molecular complexity index is 670. The topological polar surface area (TPSA) is 92.7 Å². The third kappa shape index (κ3) is 6.29. The Morgan fingerprint density at radius 2 is 2.10 bits per heavy atom. The summed E-state index contributed by atoms with van der Waals surface area (Å²) in [5, 5.41) is 8.67. The van der Waals surface area contributed by atoms with Crippen molar-refractivity contribution in [3.63, 3.8) is 0 Å². The highest BCUT2D eigenvalue weighted by atomic mass is 32.2. The number of rotatable bonds is 5. The molecule has 0 saturated heterocycles. The minimum atomic E-state index is -3.83.